The van der Waals surface area contributed by atoms with Gasteiger partial charge in [0.15, 0.2) is 17.3 Å². The summed E-state index contributed by atoms with van der Waals surface area (Å²) in [6, 6.07) is 5.22. The summed E-state index contributed by atoms with van der Waals surface area (Å²) in [6.45, 7) is 5.53. The molecule has 1 aliphatic rings. The van der Waals surface area contributed by atoms with E-state index in [2.05, 4.69) is 25.0 Å². The number of aromatic nitrogens is 3. The molecule has 1 unspecified atom stereocenters. The average molecular weight is 403 g/mol. The molecule has 0 saturated heterocycles. The zero-order valence-corrected chi connectivity index (χ0v) is 17.2. The first-order chi connectivity index (χ1) is 14.0. The average Bonchev–Trinajstić information content (AvgIpc) is 3.02. The second kappa shape index (κ2) is 9.71. The summed E-state index contributed by atoms with van der Waals surface area (Å²) >= 11 is 0. The number of carbonyl (C=O) groups is 1. The highest BCUT2D eigenvalue weighted by molar-refractivity contribution is 5.76. The first kappa shape index (κ1) is 21.1. The van der Waals surface area contributed by atoms with Gasteiger partial charge in [-0.15, -0.1) is 10.2 Å². The Morgan fingerprint density at radius 3 is 2.86 bits per heavy atom. The van der Waals surface area contributed by atoms with Crippen molar-refractivity contribution >= 4 is 5.91 Å². The molecule has 158 valence electrons. The molecule has 2 aromatic rings. The van der Waals surface area contributed by atoms with Crippen LogP contribution in [0.4, 0.5) is 0 Å². The minimum Gasteiger partial charge on any atom is -0.504 e. The van der Waals surface area contributed by atoms with Crippen molar-refractivity contribution in [1.29, 1.82) is 0 Å². The molecule has 1 aromatic carbocycles. The van der Waals surface area contributed by atoms with Gasteiger partial charge in [-0.3, -0.25) is 9.69 Å². The van der Waals surface area contributed by atoms with Crippen LogP contribution >= 0.6 is 0 Å². The highest BCUT2D eigenvalue weighted by Gasteiger charge is 2.23. The predicted octanol–water partition coefficient (Wildman–Crippen LogP) is 1.26. The largest absolute Gasteiger partial charge is 0.504 e. The number of phenolic OH excluding ortho intramolecular Hbond substituents is 1. The van der Waals surface area contributed by atoms with Gasteiger partial charge in [-0.25, -0.2) is 0 Å². The van der Waals surface area contributed by atoms with Crippen molar-refractivity contribution in [3.05, 3.63) is 35.4 Å². The second-order valence-corrected chi connectivity index (χ2v) is 7.19. The molecule has 29 heavy (non-hydrogen) atoms. The van der Waals surface area contributed by atoms with E-state index in [0.29, 0.717) is 18.8 Å². The molecule has 9 heteroatoms. The number of nitrogens with zero attached hydrogens (tertiary/aromatic N) is 4. The van der Waals surface area contributed by atoms with E-state index in [0.717, 1.165) is 49.8 Å². The van der Waals surface area contributed by atoms with Crippen molar-refractivity contribution < 1.29 is 19.4 Å². The Bertz CT molecular complexity index is 838. The Morgan fingerprint density at radius 2 is 2.10 bits per heavy atom. The van der Waals surface area contributed by atoms with E-state index in [1.165, 1.54) is 0 Å². The molecule has 1 aromatic heterocycles. The topological polar surface area (TPSA) is 102 Å². The van der Waals surface area contributed by atoms with Gasteiger partial charge >= 0.3 is 0 Å². The molecule has 0 aliphatic carbocycles. The predicted molar refractivity (Wildman–Crippen MR) is 107 cm³/mol. The lowest BCUT2D eigenvalue weighted by atomic mass is 10.2. The number of hydrogen-bond donors (Lipinski definition) is 2. The fourth-order valence-electron chi connectivity index (χ4n) is 3.52. The third kappa shape index (κ3) is 5.24. The quantitative estimate of drug-likeness (QED) is 0.684. The Kier molecular flexibility index (Phi) is 7.05. The minimum atomic E-state index is -0.214. The normalized spacial score (nSPS) is 15.4. The molecule has 2 heterocycles. The van der Waals surface area contributed by atoms with Crippen molar-refractivity contribution in [2.75, 3.05) is 33.9 Å². The summed E-state index contributed by atoms with van der Waals surface area (Å²) < 4.78 is 12.3. The van der Waals surface area contributed by atoms with Gasteiger partial charge in [0, 0.05) is 46.1 Å². The van der Waals surface area contributed by atoms with Crippen LogP contribution in [0.25, 0.3) is 0 Å². The van der Waals surface area contributed by atoms with Crippen molar-refractivity contribution in [3.8, 4) is 11.5 Å². The molecule has 0 spiro atoms. The smallest absolute Gasteiger partial charge is 0.222 e. The van der Waals surface area contributed by atoms with E-state index in [1.807, 2.05) is 19.1 Å². The highest BCUT2D eigenvalue weighted by Crippen LogP contribution is 2.27. The molecule has 1 aliphatic heterocycles. The lowest BCUT2D eigenvalue weighted by Crippen LogP contribution is -2.30. The summed E-state index contributed by atoms with van der Waals surface area (Å²) in [7, 11) is 3.13. The molecule has 1 atom stereocenters. The van der Waals surface area contributed by atoms with Crippen LogP contribution in [0.2, 0.25) is 0 Å². The minimum absolute atomic E-state index is 0.0618. The van der Waals surface area contributed by atoms with Gasteiger partial charge < -0.3 is 24.5 Å². The summed E-state index contributed by atoms with van der Waals surface area (Å²) in [5.41, 5.74) is 1.08. The maximum atomic E-state index is 12.0. The van der Waals surface area contributed by atoms with E-state index in [9.17, 15) is 9.90 Å². The third-order valence-electron chi connectivity index (χ3n) is 5.10. The number of hydrogen-bond acceptors (Lipinski definition) is 7. The number of methoxy groups -OCH3 is 2. The number of nitrogens with one attached hydrogen (secondary N) is 1. The van der Waals surface area contributed by atoms with Crippen LogP contribution < -0.4 is 10.1 Å². The SMILES string of the molecule is COCCC(=O)NC(C)c1nnc2n1CCN(Cc1ccc(O)c(OC)c1)CC2. The Labute approximate surface area is 170 Å². The zero-order valence-electron chi connectivity index (χ0n) is 17.2. The Balaban J connectivity index is 1.63. The van der Waals surface area contributed by atoms with Gasteiger partial charge in [-0.05, 0) is 24.6 Å². The maximum Gasteiger partial charge on any atom is 0.222 e. The fraction of sp³-hybridized carbons (Fsp3) is 0.550. The van der Waals surface area contributed by atoms with Crippen LogP contribution in [0, 0.1) is 0 Å². The van der Waals surface area contributed by atoms with Crippen LogP contribution in [0.15, 0.2) is 18.2 Å². The van der Waals surface area contributed by atoms with Crippen LogP contribution in [0.5, 0.6) is 11.5 Å². The molecular formula is C20H29N5O4. The van der Waals surface area contributed by atoms with E-state index in [-0.39, 0.29) is 17.7 Å². The Morgan fingerprint density at radius 1 is 1.28 bits per heavy atom. The molecule has 0 radical (unpaired) electrons. The molecule has 0 saturated carbocycles. The summed E-state index contributed by atoms with van der Waals surface area (Å²) in [6.07, 6.45) is 1.11. The van der Waals surface area contributed by atoms with E-state index < -0.39 is 0 Å². The van der Waals surface area contributed by atoms with Gasteiger partial charge in [-0.2, -0.15) is 0 Å². The number of benzene rings is 1. The van der Waals surface area contributed by atoms with Crippen molar-refractivity contribution in [3.63, 3.8) is 0 Å². The Hall–Kier alpha value is -2.65. The van der Waals surface area contributed by atoms with Crippen LogP contribution in [-0.4, -0.2) is 64.6 Å². The molecule has 2 N–H and O–H groups in total. The number of rotatable bonds is 8. The number of amides is 1. The first-order valence-corrected chi connectivity index (χ1v) is 9.80. The monoisotopic (exact) mass is 403 g/mol. The van der Waals surface area contributed by atoms with Gasteiger partial charge in [0.2, 0.25) is 5.91 Å². The standard InChI is InChI=1S/C20H29N5O4/c1-14(21-19(27)7-11-28-2)20-23-22-18-6-8-24(9-10-25(18)20)13-15-4-5-16(26)17(12-15)29-3/h4-5,12,14,26H,6-11,13H2,1-3H3,(H,21,27). The number of fused-ring (bicyclic) bond motifs is 1. The van der Waals surface area contributed by atoms with Crippen LogP contribution in [0.3, 0.4) is 0 Å². The third-order valence-corrected chi connectivity index (χ3v) is 5.10. The number of aromatic hydroxyl groups is 1. The summed E-state index contributed by atoms with van der Waals surface area (Å²) in [4.78, 5) is 14.3. The van der Waals surface area contributed by atoms with Gasteiger partial charge in [0.05, 0.1) is 19.8 Å². The van der Waals surface area contributed by atoms with Gasteiger partial charge in [0.1, 0.15) is 5.82 Å². The molecule has 0 fully saturated rings. The van der Waals surface area contributed by atoms with Crippen molar-refractivity contribution in [1.82, 2.24) is 25.0 Å². The molecule has 9 nitrogen and oxygen atoms in total. The lowest BCUT2D eigenvalue weighted by Gasteiger charge is -2.20. The number of carbonyl (C=O) groups excluding carboxylic acids is 1. The van der Waals surface area contributed by atoms with Gasteiger partial charge in [0.25, 0.3) is 0 Å². The molecule has 3 rings (SSSR count). The van der Waals surface area contributed by atoms with E-state index >= 15 is 0 Å². The lowest BCUT2D eigenvalue weighted by molar-refractivity contribution is -0.122. The first-order valence-electron chi connectivity index (χ1n) is 9.80. The number of ether oxygens (including phenoxy) is 2. The van der Waals surface area contributed by atoms with Crippen LogP contribution in [0.1, 0.15) is 36.6 Å². The van der Waals surface area contributed by atoms with E-state index in [4.69, 9.17) is 9.47 Å². The summed E-state index contributed by atoms with van der Waals surface area (Å²) in [5, 5.41) is 21.4. The highest BCUT2D eigenvalue weighted by atomic mass is 16.5. The zero-order chi connectivity index (χ0) is 20.8. The van der Waals surface area contributed by atoms with E-state index in [1.54, 1.807) is 20.3 Å². The van der Waals surface area contributed by atoms with Crippen molar-refractivity contribution in [2.45, 2.75) is 38.9 Å². The molecule has 0 bridgehead atoms. The van der Waals surface area contributed by atoms with Crippen LogP contribution in [-0.2, 0) is 29.0 Å². The fourth-order valence-corrected chi connectivity index (χ4v) is 3.52. The maximum absolute atomic E-state index is 12.0. The number of phenols is 1. The molecule has 1 amide bonds. The van der Waals surface area contributed by atoms with Crippen molar-refractivity contribution in [2.24, 2.45) is 0 Å². The summed E-state index contributed by atoms with van der Waals surface area (Å²) in [5.74, 6) is 2.27. The van der Waals surface area contributed by atoms with Gasteiger partial charge in [-0.1, -0.05) is 6.07 Å². The molecular weight excluding hydrogens is 374 g/mol. The second-order valence-electron chi connectivity index (χ2n) is 7.19.